The van der Waals surface area contributed by atoms with Crippen LogP contribution in [0.15, 0.2) is 34.2 Å². The lowest BCUT2D eigenvalue weighted by atomic mass is 10.0. The summed E-state index contributed by atoms with van der Waals surface area (Å²) >= 11 is 4.13. The molecule has 0 unspecified atom stereocenters. The summed E-state index contributed by atoms with van der Waals surface area (Å²) in [6, 6.07) is 7.37. The molecule has 128 valence electrons. The Balaban J connectivity index is 1.75. The second-order valence-electron chi connectivity index (χ2n) is 6.14. The van der Waals surface area contributed by atoms with Gasteiger partial charge >= 0.3 is 5.69 Å². The third kappa shape index (κ3) is 2.72. The van der Waals surface area contributed by atoms with Crippen molar-refractivity contribution < 1.29 is 4.79 Å². The standard InChI is InChI=1S/C17H17N5O2S/c1-10-13(14-18-16(25)19-17(24)22(14)20-10)11-4-6-12(7-5-11)15(23)21-8-2-3-9-21/h4-7H,2-3,8-9H2,1H3,(H2,18,19,24,25). The first kappa shape index (κ1) is 15.9. The topological polar surface area (TPSA) is 83.4 Å². The number of carbonyl (C=O) groups excluding carboxylic acids is 1. The summed E-state index contributed by atoms with van der Waals surface area (Å²) in [5, 5.41) is 4.49. The Hall–Kier alpha value is -2.61. The van der Waals surface area contributed by atoms with Gasteiger partial charge in [-0.2, -0.15) is 9.61 Å². The first-order chi connectivity index (χ1) is 12.0. The summed E-state index contributed by atoms with van der Waals surface area (Å²) in [6.45, 7) is 3.47. The van der Waals surface area contributed by atoms with Crippen LogP contribution >= 0.6 is 12.6 Å². The molecular formula is C17H17N5O2S. The number of hydrogen-bond donors (Lipinski definition) is 2. The second kappa shape index (κ2) is 6.03. The summed E-state index contributed by atoms with van der Waals surface area (Å²) < 4.78 is 1.23. The average molecular weight is 355 g/mol. The predicted molar refractivity (Wildman–Crippen MR) is 96.2 cm³/mol. The molecule has 1 N–H and O–H groups in total. The molecule has 0 atom stereocenters. The minimum Gasteiger partial charge on any atom is -0.339 e. The maximum Gasteiger partial charge on any atom is 0.350 e. The summed E-state index contributed by atoms with van der Waals surface area (Å²) in [5.41, 5.74) is 3.05. The van der Waals surface area contributed by atoms with Gasteiger partial charge in [-0.15, -0.1) is 12.6 Å². The van der Waals surface area contributed by atoms with Crippen molar-refractivity contribution in [3.05, 3.63) is 46.0 Å². The molecule has 1 fully saturated rings. The van der Waals surface area contributed by atoms with E-state index >= 15 is 0 Å². The molecule has 7 nitrogen and oxygen atoms in total. The van der Waals surface area contributed by atoms with Gasteiger partial charge in [0, 0.05) is 24.2 Å². The predicted octanol–water partition coefficient (Wildman–Crippen LogP) is 1.92. The van der Waals surface area contributed by atoms with Crippen molar-refractivity contribution in [1.29, 1.82) is 0 Å². The Kier molecular flexibility index (Phi) is 3.84. The molecule has 0 spiro atoms. The van der Waals surface area contributed by atoms with Gasteiger partial charge in [-0.1, -0.05) is 12.1 Å². The highest BCUT2D eigenvalue weighted by molar-refractivity contribution is 7.80. The van der Waals surface area contributed by atoms with E-state index in [1.807, 2.05) is 36.1 Å². The molecule has 1 aromatic carbocycles. The minimum absolute atomic E-state index is 0.0628. The number of aromatic amines is 1. The van der Waals surface area contributed by atoms with Crippen molar-refractivity contribution in [2.45, 2.75) is 24.9 Å². The van der Waals surface area contributed by atoms with Gasteiger partial charge in [0.15, 0.2) is 10.8 Å². The first-order valence-corrected chi connectivity index (χ1v) is 8.57. The van der Waals surface area contributed by atoms with Gasteiger partial charge in [0.1, 0.15) is 0 Å². The van der Waals surface area contributed by atoms with Crippen molar-refractivity contribution in [1.82, 2.24) is 24.5 Å². The van der Waals surface area contributed by atoms with Gasteiger partial charge < -0.3 is 4.90 Å². The van der Waals surface area contributed by atoms with Gasteiger partial charge in [0.25, 0.3) is 5.91 Å². The SMILES string of the molecule is Cc1nn2c(=O)[nH]c(S)nc2c1-c1ccc(C(=O)N2CCCC2)cc1. The molecule has 0 bridgehead atoms. The van der Waals surface area contributed by atoms with Crippen LogP contribution in [0.3, 0.4) is 0 Å². The number of rotatable bonds is 2. The Morgan fingerprint density at radius 3 is 2.56 bits per heavy atom. The lowest BCUT2D eigenvalue weighted by Crippen LogP contribution is -2.27. The number of H-pyrrole nitrogens is 1. The number of aromatic nitrogens is 4. The van der Waals surface area contributed by atoms with Crippen molar-refractivity contribution in [3.8, 4) is 11.1 Å². The number of hydrogen-bond acceptors (Lipinski definition) is 5. The smallest absolute Gasteiger partial charge is 0.339 e. The number of amides is 1. The molecule has 1 aliphatic rings. The van der Waals surface area contributed by atoms with E-state index in [9.17, 15) is 9.59 Å². The fraction of sp³-hybridized carbons (Fsp3) is 0.294. The number of nitrogens with one attached hydrogen (secondary N) is 1. The van der Waals surface area contributed by atoms with Gasteiger partial charge in [-0.3, -0.25) is 9.78 Å². The van der Waals surface area contributed by atoms with E-state index in [-0.39, 0.29) is 16.8 Å². The molecular weight excluding hydrogens is 338 g/mol. The fourth-order valence-corrected chi connectivity index (χ4v) is 3.45. The van der Waals surface area contributed by atoms with Crippen molar-refractivity contribution in [3.63, 3.8) is 0 Å². The Bertz CT molecular complexity index is 1020. The minimum atomic E-state index is -0.384. The lowest BCUT2D eigenvalue weighted by Gasteiger charge is -2.15. The number of aryl methyl sites for hydroxylation is 1. The number of carbonyl (C=O) groups is 1. The maximum atomic E-state index is 12.5. The van der Waals surface area contributed by atoms with Gasteiger partial charge in [-0.25, -0.2) is 9.78 Å². The quantitative estimate of drug-likeness (QED) is 0.688. The molecule has 1 aliphatic heterocycles. The molecule has 0 aliphatic carbocycles. The summed E-state index contributed by atoms with van der Waals surface area (Å²) in [6.07, 6.45) is 2.13. The Labute approximate surface area is 149 Å². The van der Waals surface area contributed by atoms with Gasteiger partial charge in [0.05, 0.1) is 5.69 Å². The van der Waals surface area contributed by atoms with E-state index in [1.54, 1.807) is 0 Å². The largest absolute Gasteiger partial charge is 0.350 e. The van der Waals surface area contributed by atoms with Crippen molar-refractivity contribution >= 4 is 24.2 Å². The van der Waals surface area contributed by atoms with Gasteiger partial charge in [-0.05, 0) is 37.5 Å². The highest BCUT2D eigenvalue weighted by Gasteiger charge is 2.20. The highest BCUT2D eigenvalue weighted by atomic mass is 32.1. The molecule has 2 aromatic heterocycles. The summed E-state index contributed by atoms with van der Waals surface area (Å²) in [5.74, 6) is 0.0628. The van der Waals surface area contributed by atoms with E-state index in [4.69, 9.17) is 0 Å². The molecule has 25 heavy (non-hydrogen) atoms. The van der Waals surface area contributed by atoms with Gasteiger partial charge in [0.2, 0.25) is 0 Å². The number of benzene rings is 1. The van der Waals surface area contributed by atoms with Crippen molar-refractivity contribution in [2.75, 3.05) is 13.1 Å². The number of likely N-dealkylation sites (tertiary alicyclic amines) is 1. The zero-order valence-corrected chi connectivity index (χ0v) is 14.6. The van der Waals surface area contributed by atoms with E-state index in [2.05, 4.69) is 27.7 Å². The molecule has 3 heterocycles. The first-order valence-electron chi connectivity index (χ1n) is 8.13. The molecule has 4 rings (SSSR count). The number of nitrogens with zero attached hydrogens (tertiary/aromatic N) is 4. The molecule has 0 radical (unpaired) electrons. The van der Waals surface area contributed by atoms with Crippen LogP contribution in [0, 0.1) is 6.92 Å². The second-order valence-corrected chi connectivity index (χ2v) is 6.56. The van der Waals surface area contributed by atoms with Crippen LogP contribution < -0.4 is 5.69 Å². The third-order valence-electron chi connectivity index (χ3n) is 4.47. The van der Waals surface area contributed by atoms with Crippen LogP contribution in [-0.4, -0.2) is 43.5 Å². The fourth-order valence-electron chi connectivity index (χ4n) is 3.26. The summed E-state index contributed by atoms with van der Waals surface area (Å²) in [7, 11) is 0. The Morgan fingerprint density at radius 1 is 1.20 bits per heavy atom. The highest BCUT2D eigenvalue weighted by Crippen LogP contribution is 2.27. The Morgan fingerprint density at radius 2 is 1.88 bits per heavy atom. The van der Waals surface area contributed by atoms with Crippen LogP contribution in [0.2, 0.25) is 0 Å². The molecule has 0 saturated carbocycles. The average Bonchev–Trinajstić information content (AvgIpc) is 3.22. The van der Waals surface area contributed by atoms with Crippen LogP contribution in [0.25, 0.3) is 16.8 Å². The van der Waals surface area contributed by atoms with Crippen LogP contribution in [-0.2, 0) is 0 Å². The zero-order chi connectivity index (χ0) is 17.6. The molecule has 1 saturated heterocycles. The van der Waals surface area contributed by atoms with E-state index < -0.39 is 0 Å². The molecule has 3 aromatic rings. The lowest BCUT2D eigenvalue weighted by molar-refractivity contribution is 0.0793. The van der Waals surface area contributed by atoms with E-state index in [0.29, 0.717) is 16.9 Å². The normalized spacial score (nSPS) is 14.4. The van der Waals surface area contributed by atoms with E-state index in [0.717, 1.165) is 37.1 Å². The monoisotopic (exact) mass is 355 g/mol. The maximum absolute atomic E-state index is 12.5. The van der Waals surface area contributed by atoms with E-state index in [1.165, 1.54) is 4.52 Å². The van der Waals surface area contributed by atoms with Crippen LogP contribution in [0.4, 0.5) is 0 Å². The zero-order valence-electron chi connectivity index (χ0n) is 13.7. The molecule has 8 heteroatoms. The number of fused-ring (bicyclic) bond motifs is 1. The van der Waals surface area contributed by atoms with Crippen LogP contribution in [0.1, 0.15) is 28.9 Å². The third-order valence-corrected chi connectivity index (χ3v) is 4.68. The molecule has 1 amide bonds. The number of thiol groups is 1. The summed E-state index contributed by atoms with van der Waals surface area (Å²) in [4.78, 5) is 33.1. The van der Waals surface area contributed by atoms with Crippen molar-refractivity contribution in [2.24, 2.45) is 0 Å². The van der Waals surface area contributed by atoms with Crippen LogP contribution in [0.5, 0.6) is 0 Å².